The number of hydrogen-bond acceptors (Lipinski definition) is 4. The molecule has 33 heavy (non-hydrogen) atoms. The highest BCUT2D eigenvalue weighted by molar-refractivity contribution is 5.87. The van der Waals surface area contributed by atoms with E-state index in [0.29, 0.717) is 11.8 Å². The normalized spacial score (nSPS) is 23.0. The van der Waals surface area contributed by atoms with E-state index in [2.05, 4.69) is 82.1 Å². The number of aromatic nitrogens is 1. The number of benzene rings is 2. The Morgan fingerprint density at radius 3 is 2.30 bits per heavy atom. The lowest BCUT2D eigenvalue weighted by Crippen LogP contribution is -2.33. The maximum absolute atomic E-state index is 3.69. The number of nitrogens with one attached hydrogen (secondary N) is 3. The molecule has 0 bridgehead atoms. The van der Waals surface area contributed by atoms with Crippen molar-refractivity contribution in [1.82, 2.24) is 14.8 Å². The zero-order valence-electron chi connectivity index (χ0n) is 20.0. The summed E-state index contributed by atoms with van der Waals surface area (Å²) in [6.07, 6.45) is 7.39. The lowest BCUT2D eigenvalue weighted by atomic mass is 9.81. The summed E-state index contributed by atoms with van der Waals surface area (Å²) in [7, 11) is 4.47. The number of anilines is 3. The lowest BCUT2D eigenvalue weighted by Gasteiger charge is -2.32. The molecule has 2 aromatic carbocycles. The maximum atomic E-state index is 3.69. The Bertz CT molecular complexity index is 1120. The molecule has 1 atom stereocenters. The first-order valence-corrected chi connectivity index (χ1v) is 12.8. The number of H-pyrrole nitrogens is 1. The predicted octanol–water partition coefficient (Wildman–Crippen LogP) is 5.57. The van der Waals surface area contributed by atoms with Gasteiger partial charge < -0.3 is 25.4 Å². The van der Waals surface area contributed by atoms with E-state index in [1.54, 1.807) is 0 Å². The highest BCUT2D eigenvalue weighted by atomic mass is 15.1. The highest BCUT2D eigenvalue weighted by Crippen LogP contribution is 2.42. The zero-order chi connectivity index (χ0) is 22.4. The molecule has 3 aliphatic rings. The first kappa shape index (κ1) is 21.1. The fraction of sp³-hybridized carbons (Fsp3) is 0.500. The number of aromatic amines is 1. The van der Waals surface area contributed by atoms with Crippen LogP contribution in [0.1, 0.15) is 48.6 Å². The van der Waals surface area contributed by atoms with Crippen molar-refractivity contribution in [2.45, 2.75) is 37.5 Å². The SMILES string of the molecule is CN1CCC(c2c[nH]c3cc(Nc4ccc5c(c4)NCC5C4CCN(C)CC4)ccc23)CC1. The van der Waals surface area contributed by atoms with Crippen molar-refractivity contribution < 1.29 is 0 Å². The molecule has 2 fully saturated rings. The van der Waals surface area contributed by atoms with Crippen molar-refractivity contribution in [3.63, 3.8) is 0 Å². The summed E-state index contributed by atoms with van der Waals surface area (Å²) in [5, 5.41) is 8.72. The second-order valence-electron chi connectivity index (χ2n) is 10.6. The minimum absolute atomic E-state index is 0.663. The van der Waals surface area contributed by atoms with Crippen molar-refractivity contribution in [2.75, 3.05) is 57.5 Å². The van der Waals surface area contributed by atoms with Crippen molar-refractivity contribution in [2.24, 2.45) is 5.92 Å². The average molecular weight is 444 g/mol. The van der Waals surface area contributed by atoms with Crippen molar-refractivity contribution in [1.29, 1.82) is 0 Å². The van der Waals surface area contributed by atoms with Crippen molar-refractivity contribution >= 4 is 28.0 Å². The Hall–Kier alpha value is -2.50. The number of nitrogens with zero attached hydrogens (tertiary/aromatic N) is 2. The van der Waals surface area contributed by atoms with Crippen molar-refractivity contribution in [3.8, 4) is 0 Å². The van der Waals surface area contributed by atoms with Crippen molar-refractivity contribution in [3.05, 3.63) is 53.7 Å². The maximum Gasteiger partial charge on any atom is 0.0477 e. The first-order valence-electron chi connectivity index (χ1n) is 12.8. The molecule has 1 aromatic heterocycles. The van der Waals surface area contributed by atoms with Crippen LogP contribution in [0.2, 0.25) is 0 Å². The average Bonchev–Trinajstić information content (AvgIpc) is 3.44. The van der Waals surface area contributed by atoms with Gasteiger partial charge in [-0.25, -0.2) is 0 Å². The Kier molecular flexibility index (Phi) is 5.55. The van der Waals surface area contributed by atoms with Crippen LogP contribution in [0.15, 0.2) is 42.6 Å². The minimum atomic E-state index is 0.663. The Labute approximate surface area is 197 Å². The van der Waals surface area contributed by atoms with E-state index in [-0.39, 0.29) is 0 Å². The predicted molar refractivity (Wildman–Crippen MR) is 139 cm³/mol. The van der Waals surface area contributed by atoms with Gasteiger partial charge in [0.1, 0.15) is 0 Å². The molecule has 5 heteroatoms. The smallest absolute Gasteiger partial charge is 0.0477 e. The van der Waals surface area contributed by atoms with Gasteiger partial charge in [0, 0.05) is 46.6 Å². The number of piperidine rings is 2. The first-order chi connectivity index (χ1) is 16.1. The minimum Gasteiger partial charge on any atom is -0.384 e. The van der Waals surface area contributed by atoms with E-state index < -0.39 is 0 Å². The summed E-state index contributed by atoms with van der Waals surface area (Å²) in [5.41, 5.74) is 7.85. The molecule has 5 nitrogen and oxygen atoms in total. The molecule has 3 aliphatic heterocycles. The third-order valence-corrected chi connectivity index (χ3v) is 8.46. The van der Waals surface area contributed by atoms with Crippen LogP contribution in [0.5, 0.6) is 0 Å². The summed E-state index contributed by atoms with van der Waals surface area (Å²) in [6.45, 7) is 5.94. The number of hydrogen-bond donors (Lipinski definition) is 3. The quantitative estimate of drug-likeness (QED) is 0.493. The molecule has 0 radical (unpaired) electrons. The van der Waals surface area contributed by atoms with Gasteiger partial charge in [0.15, 0.2) is 0 Å². The van der Waals surface area contributed by atoms with Crippen LogP contribution in [0.25, 0.3) is 10.9 Å². The van der Waals surface area contributed by atoms with Crippen LogP contribution in [-0.4, -0.2) is 61.6 Å². The van der Waals surface area contributed by atoms with Crippen LogP contribution in [-0.2, 0) is 0 Å². The van der Waals surface area contributed by atoms with Crippen LogP contribution < -0.4 is 10.6 Å². The molecule has 174 valence electrons. The molecule has 0 spiro atoms. The topological polar surface area (TPSA) is 46.3 Å². The second-order valence-corrected chi connectivity index (χ2v) is 10.6. The van der Waals surface area contributed by atoms with Gasteiger partial charge in [-0.1, -0.05) is 12.1 Å². The molecule has 0 saturated carbocycles. The van der Waals surface area contributed by atoms with Crippen LogP contribution in [0.4, 0.5) is 17.1 Å². The summed E-state index contributed by atoms with van der Waals surface area (Å²) in [4.78, 5) is 8.44. The standard InChI is InChI=1S/C28H37N5/c1-32-11-7-19(8-12-32)25-17-29-27-15-21(3-5-23(25)27)31-22-4-6-24-26(18-30-28(24)16-22)20-9-13-33(2)14-10-20/h3-6,15-17,19-20,26,29-31H,7-14,18H2,1-2H3. The van der Waals surface area contributed by atoms with Gasteiger partial charge >= 0.3 is 0 Å². The van der Waals surface area contributed by atoms with Gasteiger partial charge in [0.2, 0.25) is 0 Å². The lowest BCUT2D eigenvalue weighted by molar-refractivity contribution is 0.202. The van der Waals surface area contributed by atoms with Gasteiger partial charge in [-0.2, -0.15) is 0 Å². The monoisotopic (exact) mass is 443 g/mol. The molecule has 0 aliphatic carbocycles. The van der Waals surface area contributed by atoms with Gasteiger partial charge in [0.25, 0.3) is 0 Å². The van der Waals surface area contributed by atoms with Crippen LogP contribution >= 0.6 is 0 Å². The van der Waals surface area contributed by atoms with Crippen LogP contribution in [0, 0.1) is 5.92 Å². The van der Waals surface area contributed by atoms with Gasteiger partial charge in [-0.3, -0.25) is 0 Å². The molecular weight excluding hydrogens is 406 g/mol. The van der Waals surface area contributed by atoms with Gasteiger partial charge in [-0.15, -0.1) is 0 Å². The Morgan fingerprint density at radius 1 is 0.818 bits per heavy atom. The van der Waals surface area contributed by atoms with E-state index >= 15 is 0 Å². The van der Waals surface area contributed by atoms with E-state index in [0.717, 1.165) is 23.8 Å². The number of fused-ring (bicyclic) bond motifs is 2. The zero-order valence-corrected chi connectivity index (χ0v) is 20.0. The number of likely N-dealkylation sites (tertiary alicyclic amines) is 2. The van der Waals surface area contributed by atoms with Gasteiger partial charge in [0.05, 0.1) is 0 Å². The van der Waals surface area contributed by atoms with E-state index in [1.165, 1.54) is 79.6 Å². The highest BCUT2D eigenvalue weighted by Gasteiger charge is 2.31. The third-order valence-electron chi connectivity index (χ3n) is 8.46. The van der Waals surface area contributed by atoms with Crippen LogP contribution in [0.3, 0.4) is 0 Å². The molecule has 0 amide bonds. The molecule has 4 heterocycles. The summed E-state index contributed by atoms with van der Waals surface area (Å²) in [5.74, 6) is 2.15. The summed E-state index contributed by atoms with van der Waals surface area (Å²) < 4.78 is 0. The van der Waals surface area contributed by atoms with E-state index in [9.17, 15) is 0 Å². The molecule has 3 N–H and O–H groups in total. The molecular formula is C28H37N5. The fourth-order valence-corrected chi connectivity index (χ4v) is 6.34. The molecule has 3 aromatic rings. The molecule has 6 rings (SSSR count). The number of rotatable bonds is 4. The van der Waals surface area contributed by atoms with Gasteiger partial charge in [-0.05, 0) is 113 Å². The third kappa shape index (κ3) is 4.13. The molecule has 1 unspecified atom stereocenters. The summed E-state index contributed by atoms with van der Waals surface area (Å²) >= 11 is 0. The largest absolute Gasteiger partial charge is 0.384 e. The second kappa shape index (κ2) is 8.69. The Morgan fingerprint density at radius 2 is 1.52 bits per heavy atom. The molecule has 2 saturated heterocycles. The van der Waals surface area contributed by atoms with E-state index in [1.807, 2.05) is 0 Å². The summed E-state index contributed by atoms with van der Waals surface area (Å²) in [6, 6.07) is 13.7. The Balaban J connectivity index is 1.17. The fourth-order valence-electron chi connectivity index (χ4n) is 6.34. The van der Waals surface area contributed by atoms with E-state index in [4.69, 9.17) is 0 Å².